The normalized spacial score (nSPS) is 11.3. The fourth-order valence-corrected chi connectivity index (χ4v) is 4.49. The Hall–Kier alpha value is -2.87. The van der Waals surface area contributed by atoms with Crippen molar-refractivity contribution in [1.82, 2.24) is 14.1 Å². The van der Waals surface area contributed by atoms with E-state index in [1.54, 1.807) is 13.2 Å². The Morgan fingerprint density at radius 2 is 1.87 bits per heavy atom. The molecule has 31 heavy (non-hydrogen) atoms. The number of fused-ring (bicyclic) bond motifs is 1. The van der Waals surface area contributed by atoms with Crippen LogP contribution in [0.1, 0.15) is 30.5 Å². The quantitative estimate of drug-likeness (QED) is 0.595. The largest absolute Gasteiger partial charge is 0.332 e. The maximum Gasteiger partial charge on any atom is 0.332 e. The van der Waals surface area contributed by atoms with Gasteiger partial charge in [-0.25, -0.2) is 9.78 Å². The van der Waals surface area contributed by atoms with E-state index in [-0.39, 0.29) is 11.7 Å². The van der Waals surface area contributed by atoms with E-state index in [1.165, 1.54) is 23.4 Å². The number of benzene rings is 1. The molecule has 2 heterocycles. The molecule has 0 radical (unpaired) electrons. The minimum absolute atomic E-state index is 0.142. The summed E-state index contributed by atoms with van der Waals surface area (Å²) in [4.78, 5) is 43.1. The molecule has 0 aliphatic carbocycles. The monoisotopic (exact) mass is 440 g/mol. The molecule has 7 nitrogen and oxygen atoms in total. The molecule has 0 aliphatic rings. The summed E-state index contributed by atoms with van der Waals surface area (Å²) in [7, 11) is 3.06. The van der Waals surface area contributed by atoms with Gasteiger partial charge in [0.1, 0.15) is 5.65 Å². The minimum Gasteiger partial charge on any atom is -0.325 e. The van der Waals surface area contributed by atoms with Crippen molar-refractivity contribution in [2.24, 2.45) is 20.0 Å². The zero-order chi connectivity index (χ0) is 22.9. The Morgan fingerprint density at radius 3 is 2.55 bits per heavy atom. The number of rotatable bonds is 6. The summed E-state index contributed by atoms with van der Waals surface area (Å²) >= 11 is 1.31. The van der Waals surface area contributed by atoms with Crippen LogP contribution in [0, 0.1) is 19.8 Å². The zero-order valence-electron chi connectivity index (χ0n) is 18.8. The molecule has 1 N–H and O–H groups in total. The van der Waals surface area contributed by atoms with Crippen molar-refractivity contribution in [2.75, 3.05) is 11.1 Å². The highest BCUT2D eigenvalue weighted by Crippen LogP contribution is 2.30. The second-order valence-electron chi connectivity index (χ2n) is 8.20. The van der Waals surface area contributed by atoms with Gasteiger partial charge in [0.25, 0.3) is 5.56 Å². The second-order valence-corrected chi connectivity index (χ2v) is 9.18. The predicted octanol–water partition coefficient (Wildman–Crippen LogP) is 3.18. The molecular formula is C23H28N4O3S. The van der Waals surface area contributed by atoms with E-state index in [0.29, 0.717) is 21.8 Å². The number of anilines is 1. The van der Waals surface area contributed by atoms with Gasteiger partial charge in [-0.2, -0.15) is 0 Å². The van der Waals surface area contributed by atoms with Crippen LogP contribution in [0.3, 0.4) is 0 Å². The molecule has 3 aromatic rings. The van der Waals surface area contributed by atoms with Crippen LogP contribution in [0.4, 0.5) is 5.69 Å². The topological polar surface area (TPSA) is 86.0 Å². The number of hydrogen-bond acceptors (Lipinski definition) is 5. The molecule has 164 valence electrons. The summed E-state index contributed by atoms with van der Waals surface area (Å²) in [5.74, 6) is 0.336. The van der Waals surface area contributed by atoms with Crippen LogP contribution in [-0.2, 0) is 25.3 Å². The van der Waals surface area contributed by atoms with Crippen LogP contribution < -0.4 is 16.6 Å². The molecule has 2 aromatic heterocycles. The highest BCUT2D eigenvalue weighted by Gasteiger charge is 2.19. The van der Waals surface area contributed by atoms with Crippen molar-refractivity contribution in [3.63, 3.8) is 0 Å². The first-order chi connectivity index (χ1) is 14.6. The van der Waals surface area contributed by atoms with Gasteiger partial charge in [0.15, 0.2) is 0 Å². The number of amides is 1. The van der Waals surface area contributed by atoms with E-state index in [4.69, 9.17) is 0 Å². The van der Waals surface area contributed by atoms with Crippen molar-refractivity contribution in [1.29, 1.82) is 0 Å². The van der Waals surface area contributed by atoms with E-state index < -0.39 is 11.2 Å². The van der Waals surface area contributed by atoms with Gasteiger partial charge in [-0.3, -0.25) is 18.7 Å². The lowest BCUT2D eigenvalue weighted by molar-refractivity contribution is -0.113. The highest BCUT2D eigenvalue weighted by atomic mass is 32.2. The van der Waals surface area contributed by atoms with Gasteiger partial charge >= 0.3 is 5.69 Å². The average molecular weight is 441 g/mol. The van der Waals surface area contributed by atoms with Crippen molar-refractivity contribution in [3.8, 4) is 0 Å². The molecule has 1 amide bonds. The van der Waals surface area contributed by atoms with Crippen LogP contribution in [0.15, 0.2) is 38.9 Å². The average Bonchev–Trinajstić information content (AvgIpc) is 2.72. The third-order valence-corrected chi connectivity index (χ3v) is 6.51. The summed E-state index contributed by atoms with van der Waals surface area (Å²) in [5, 5.41) is 3.34. The number of carbonyl (C=O) groups is 1. The molecule has 0 atom stereocenters. The molecule has 0 saturated carbocycles. The molecule has 3 rings (SSSR count). The summed E-state index contributed by atoms with van der Waals surface area (Å²) in [6.45, 7) is 8.15. The molecule has 0 saturated heterocycles. The van der Waals surface area contributed by atoms with Gasteiger partial charge in [0, 0.05) is 30.9 Å². The van der Waals surface area contributed by atoms with Gasteiger partial charge in [0.05, 0.1) is 11.1 Å². The number of aryl methyl sites for hydroxylation is 2. The highest BCUT2D eigenvalue weighted by molar-refractivity contribution is 8.00. The predicted molar refractivity (Wildman–Crippen MR) is 126 cm³/mol. The lowest BCUT2D eigenvalue weighted by Crippen LogP contribution is -2.37. The second kappa shape index (κ2) is 9.09. The van der Waals surface area contributed by atoms with Crippen molar-refractivity contribution < 1.29 is 4.79 Å². The zero-order valence-corrected chi connectivity index (χ0v) is 19.6. The smallest absolute Gasteiger partial charge is 0.325 e. The number of thioether (sulfide) groups is 1. The Bertz CT molecular complexity index is 1270. The summed E-state index contributed by atoms with van der Waals surface area (Å²) in [5.41, 5.74) is 3.33. The standard InChI is InChI=1S/C23H28N4O3S/c1-13(2)10-16-11-24-21-19(22(29)27(6)23(30)26(21)5)20(16)31-12-18(28)25-17-9-7-8-14(3)15(17)4/h7-9,11,13H,10,12H2,1-6H3,(H,25,28). The third kappa shape index (κ3) is 4.58. The number of nitrogens with one attached hydrogen (secondary N) is 1. The summed E-state index contributed by atoms with van der Waals surface area (Å²) < 4.78 is 2.46. The lowest BCUT2D eigenvalue weighted by Gasteiger charge is -2.16. The van der Waals surface area contributed by atoms with Crippen molar-refractivity contribution in [3.05, 3.63) is 61.9 Å². The van der Waals surface area contributed by atoms with E-state index >= 15 is 0 Å². The van der Waals surface area contributed by atoms with Crippen LogP contribution in [0.25, 0.3) is 11.0 Å². The Kier molecular flexibility index (Phi) is 6.69. The first kappa shape index (κ1) is 22.8. The summed E-state index contributed by atoms with van der Waals surface area (Å²) in [6, 6.07) is 5.79. The minimum atomic E-state index is -0.426. The Morgan fingerprint density at radius 1 is 1.16 bits per heavy atom. The summed E-state index contributed by atoms with van der Waals surface area (Å²) in [6.07, 6.45) is 2.43. The van der Waals surface area contributed by atoms with Crippen LogP contribution in [0.5, 0.6) is 0 Å². The van der Waals surface area contributed by atoms with E-state index in [9.17, 15) is 14.4 Å². The van der Waals surface area contributed by atoms with Crippen molar-refractivity contribution >= 4 is 34.4 Å². The van der Waals surface area contributed by atoms with Gasteiger partial charge in [-0.1, -0.05) is 26.0 Å². The molecule has 0 bridgehead atoms. The number of aromatic nitrogens is 3. The van der Waals surface area contributed by atoms with Crippen LogP contribution in [0.2, 0.25) is 0 Å². The van der Waals surface area contributed by atoms with Gasteiger partial charge in [-0.05, 0) is 48.9 Å². The van der Waals surface area contributed by atoms with Crippen LogP contribution >= 0.6 is 11.8 Å². The maximum absolute atomic E-state index is 13.0. The lowest BCUT2D eigenvalue weighted by atomic mass is 10.0. The molecule has 0 spiro atoms. The van der Waals surface area contributed by atoms with E-state index in [2.05, 4.69) is 24.1 Å². The van der Waals surface area contributed by atoms with Crippen LogP contribution in [-0.4, -0.2) is 25.8 Å². The molecule has 0 fully saturated rings. The van der Waals surface area contributed by atoms with E-state index in [0.717, 1.165) is 33.4 Å². The maximum atomic E-state index is 13.0. The number of nitrogens with zero attached hydrogens (tertiary/aromatic N) is 3. The fraction of sp³-hybridized carbons (Fsp3) is 0.391. The van der Waals surface area contributed by atoms with E-state index in [1.807, 2.05) is 32.0 Å². The number of carbonyl (C=O) groups excluding carboxylic acids is 1. The molecular weight excluding hydrogens is 412 g/mol. The number of pyridine rings is 1. The molecule has 0 unspecified atom stereocenters. The number of hydrogen-bond donors (Lipinski definition) is 1. The van der Waals surface area contributed by atoms with Gasteiger partial charge < -0.3 is 5.32 Å². The SMILES string of the molecule is Cc1cccc(NC(=O)CSc2c(CC(C)C)cnc3c2c(=O)n(C)c(=O)n3C)c1C. The third-order valence-electron chi connectivity index (χ3n) is 5.35. The molecule has 8 heteroatoms. The fourth-order valence-electron chi connectivity index (χ4n) is 3.50. The first-order valence-electron chi connectivity index (χ1n) is 10.2. The van der Waals surface area contributed by atoms with Gasteiger partial charge in [0.2, 0.25) is 5.91 Å². The molecule has 1 aromatic carbocycles. The van der Waals surface area contributed by atoms with Crippen molar-refractivity contribution in [2.45, 2.75) is 39.0 Å². The molecule has 0 aliphatic heterocycles. The Balaban J connectivity index is 2.01. The first-order valence-corrected chi connectivity index (χ1v) is 11.2. The Labute approximate surface area is 185 Å². The van der Waals surface area contributed by atoms with Gasteiger partial charge in [-0.15, -0.1) is 11.8 Å².